The number of amides is 1. The van der Waals surface area contributed by atoms with Crippen molar-refractivity contribution in [2.24, 2.45) is 5.92 Å². The van der Waals surface area contributed by atoms with Gasteiger partial charge in [-0.05, 0) is 39.2 Å². The lowest BCUT2D eigenvalue weighted by molar-refractivity contribution is -0.136. The number of hydrogen-bond acceptors (Lipinski definition) is 4. The van der Waals surface area contributed by atoms with Gasteiger partial charge in [-0.25, -0.2) is 0 Å². The van der Waals surface area contributed by atoms with Gasteiger partial charge in [-0.1, -0.05) is 13.8 Å². The second kappa shape index (κ2) is 7.56. The SMILES string of the molecule is CC1CN(C(C(=O)NC2CCCNC2)C(C)C)CC(C)O1. The average Bonchev–Trinajstić information content (AvgIpc) is 2.38. The Morgan fingerprint density at radius 2 is 1.95 bits per heavy atom. The lowest BCUT2D eigenvalue weighted by atomic mass is 9.98. The van der Waals surface area contributed by atoms with Crippen LogP contribution in [0.4, 0.5) is 0 Å². The van der Waals surface area contributed by atoms with E-state index in [1.165, 1.54) is 0 Å². The second-order valence-corrected chi connectivity index (χ2v) is 6.95. The summed E-state index contributed by atoms with van der Waals surface area (Å²) in [6.45, 7) is 12.1. The Morgan fingerprint density at radius 1 is 1.29 bits per heavy atom. The number of hydrogen-bond donors (Lipinski definition) is 2. The van der Waals surface area contributed by atoms with Gasteiger partial charge in [-0.3, -0.25) is 9.69 Å². The van der Waals surface area contributed by atoms with E-state index in [-0.39, 0.29) is 30.2 Å². The molecular weight excluding hydrogens is 266 g/mol. The van der Waals surface area contributed by atoms with Crippen molar-refractivity contribution in [3.05, 3.63) is 0 Å². The van der Waals surface area contributed by atoms with Gasteiger partial charge in [-0.2, -0.15) is 0 Å². The Bertz CT molecular complexity index is 332. The largest absolute Gasteiger partial charge is 0.373 e. The average molecular weight is 297 g/mol. The molecule has 2 heterocycles. The molecule has 2 aliphatic rings. The van der Waals surface area contributed by atoms with E-state index in [1.807, 2.05) is 0 Å². The molecule has 0 spiro atoms. The van der Waals surface area contributed by atoms with Crippen LogP contribution in [0.5, 0.6) is 0 Å². The molecule has 0 aromatic carbocycles. The van der Waals surface area contributed by atoms with Crippen LogP contribution in [0.3, 0.4) is 0 Å². The highest BCUT2D eigenvalue weighted by atomic mass is 16.5. The van der Waals surface area contributed by atoms with E-state index in [0.29, 0.717) is 5.92 Å². The Hall–Kier alpha value is -0.650. The Morgan fingerprint density at radius 3 is 2.48 bits per heavy atom. The number of carbonyl (C=O) groups excluding carboxylic acids is 1. The first-order chi connectivity index (χ1) is 9.97. The third-order valence-corrected chi connectivity index (χ3v) is 4.38. The molecule has 5 heteroatoms. The van der Waals surface area contributed by atoms with Crippen LogP contribution < -0.4 is 10.6 Å². The first-order valence-corrected chi connectivity index (χ1v) is 8.38. The fraction of sp³-hybridized carbons (Fsp3) is 0.938. The molecule has 122 valence electrons. The van der Waals surface area contributed by atoms with E-state index in [9.17, 15) is 4.79 Å². The minimum atomic E-state index is -0.0549. The molecule has 0 bridgehead atoms. The molecule has 0 aromatic rings. The summed E-state index contributed by atoms with van der Waals surface area (Å²) in [5.41, 5.74) is 0. The maximum absolute atomic E-state index is 12.7. The van der Waals surface area contributed by atoms with Gasteiger partial charge in [0, 0.05) is 25.7 Å². The third kappa shape index (κ3) is 4.66. The predicted octanol–water partition coefficient (Wildman–Crippen LogP) is 0.988. The van der Waals surface area contributed by atoms with Crippen LogP contribution in [-0.2, 0) is 9.53 Å². The van der Waals surface area contributed by atoms with Crippen molar-refractivity contribution < 1.29 is 9.53 Å². The van der Waals surface area contributed by atoms with Crippen LogP contribution in [0, 0.1) is 5.92 Å². The summed E-state index contributed by atoms with van der Waals surface area (Å²) in [5.74, 6) is 0.485. The number of piperidine rings is 1. The van der Waals surface area contributed by atoms with Crippen LogP contribution >= 0.6 is 0 Å². The minimum absolute atomic E-state index is 0.0549. The van der Waals surface area contributed by atoms with E-state index in [1.54, 1.807) is 0 Å². The highest BCUT2D eigenvalue weighted by molar-refractivity contribution is 5.82. The summed E-state index contributed by atoms with van der Waals surface area (Å²) in [7, 11) is 0. The van der Waals surface area contributed by atoms with E-state index in [4.69, 9.17) is 4.74 Å². The predicted molar refractivity (Wildman–Crippen MR) is 84.2 cm³/mol. The van der Waals surface area contributed by atoms with Gasteiger partial charge in [-0.15, -0.1) is 0 Å². The zero-order valence-corrected chi connectivity index (χ0v) is 13.9. The Labute approximate surface area is 128 Å². The topological polar surface area (TPSA) is 53.6 Å². The first-order valence-electron chi connectivity index (χ1n) is 8.38. The number of morpholine rings is 1. The summed E-state index contributed by atoms with van der Waals surface area (Å²) in [4.78, 5) is 15.0. The van der Waals surface area contributed by atoms with E-state index in [2.05, 4.69) is 43.2 Å². The Balaban J connectivity index is 1.98. The fourth-order valence-corrected chi connectivity index (χ4v) is 3.60. The van der Waals surface area contributed by atoms with E-state index in [0.717, 1.165) is 39.0 Å². The quantitative estimate of drug-likeness (QED) is 0.812. The smallest absolute Gasteiger partial charge is 0.237 e. The molecule has 2 aliphatic heterocycles. The van der Waals surface area contributed by atoms with Crippen molar-refractivity contribution in [2.75, 3.05) is 26.2 Å². The molecule has 2 saturated heterocycles. The summed E-state index contributed by atoms with van der Waals surface area (Å²) in [6.07, 6.45) is 2.61. The molecule has 1 amide bonds. The standard InChI is InChI=1S/C16H31N3O2/c1-11(2)15(19-9-12(3)21-13(4)10-19)16(20)18-14-6-5-7-17-8-14/h11-15,17H,5-10H2,1-4H3,(H,18,20). The summed E-state index contributed by atoms with van der Waals surface area (Å²) >= 11 is 0. The highest BCUT2D eigenvalue weighted by Crippen LogP contribution is 2.19. The van der Waals surface area contributed by atoms with Crippen LogP contribution in [-0.4, -0.2) is 61.3 Å². The van der Waals surface area contributed by atoms with Crippen LogP contribution in [0.25, 0.3) is 0 Å². The lowest BCUT2D eigenvalue weighted by Crippen LogP contribution is -2.59. The molecule has 2 N–H and O–H groups in total. The third-order valence-electron chi connectivity index (χ3n) is 4.38. The van der Waals surface area contributed by atoms with Crippen molar-refractivity contribution in [3.8, 4) is 0 Å². The van der Waals surface area contributed by atoms with Gasteiger partial charge >= 0.3 is 0 Å². The summed E-state index contributed by atoms with van der Waals surface area (Å²) < 4.78 is 5.79. The van der Waals surface area contributed by atoms with Gasteiger partial charge in [0.05, 0.1) is 18.2 Å². The molecular formula is C16H31N3O2. The van der Waals surface area contributed by atoms with Gasteiger partial charge in [0.2, 0.25) is 5.91 Å². The molecule has 4 atom stereocenters. The zero-order chi connectivity index (χ0) is 15.4. The lowest BCUT2D eigenvalue weighted by Gasteiger charge is -2.41. The number of ether oxygens (including phenoxy) is 1. The number of carbonyl (C=O) groups is 1. The van der Waals surface area contributed by atoms with Crippen molar-refractivity contribution in [1.82, 2.24) is 15.5 Å². The van der Waals surface area contributed by atoms with Crippen LogP contribution in [0.2, 0.25) is 0 Å². The molecule has 4 unspecified atom stereocenters. The maximum Gasteiger partial charge on any atom is 0.237 e. The molecule has 2 rings (SSSR count). The highest BCUT2D eigenvalue weighted by Gasteiger charge is 2.34. The van der Waals surface area contributed by atoms with E-state index < -0.39 is 0 Å². The molecule has 0 saturated carbocycles. The van der Waals surface area contributed by atoms with Crippen LogP contribution in [0.15, 0.2) is 0 Å². The monoisotopic (exact) mass is 297 g/mol. The summed E-state index contributed by atoms with van der Waals surface area (Å²) in [5, 5.41) is 6.60. The number of nitrogens with zero attached hydrogens (tertiary/aromatic N) is 1. The van der Waals surface area contributed by atoms with Crippen molar-refractivity contribution >= 4 is 5.91 Å². The molecule has 0 aliphatic carbocycles. The van der Waals surface area contributed by atoms with Gasteiger partial charge in [0.25, 0.3) is 0 Å². The molecule has 0 aromatic heterocycles. The van der Waals surface area contributed by atoms with Crippen molar-refractivity contribution in [2.45, 2.75) is 64.8 Å². The van der Waals surface area contributed by atoms with Gasteiger partial charge < -0.3 is 15.4 Å². The number of rotatable bonds is 4. The Kier molecular flexibility index (Phi) is 6.02. The summed E-state index contributed by atoms with van der Waals surface area (Å²) in [6, 6.07) is 0.226. The van der Waals surface area contributed by atoms with Gasteiger partial charge in [0.1, 0.15) is 0 Å². The van der Waals surface area contributed by atoms with Gasteiger partial charge in [0.15, 0.2) is 0 Å². The zero-order valence-electron chi connectivity index (χ0n) is 13.9. The molecule has 21 heavy (non-hydrogen) atoms. The van der Waals surface area contributed by atoms with Crippen molar-refractivity contribution in [1.29, 1.82) is 0 Å². The minimum Gasteiger partial charge on any atom is -0.373 e. The second-order valence-electron chi connectivity index (χ2n) is 6.95. The number of nitrogens with one attached hydrogen (secondary N) is 2. The normalized spacial score (nSPS) is 32.9. The first kappa shape index (κ1) is 16.7. The molecule has 2 fully saturated rings. The maximum atomic E-state index is 12.7. The van der Waals surface area contributed by atoms with Crippen molar-refractivity contribution in [3.63, 3.8) is 0 Å². The van der Waals surface area contributed by atoms with E-state index >= 15 is 0 Å². The molecule has 0 radical (unpaired) electrons. The van der Waals surface area contributed by atoms with Crippen LogP contribution in [0.1, 0.15) is 40.5 Å². The fourth-order valence-electron chi connectivity index (χ4n) is 3.60. The molecule has 5 nitrogen and oxygen atoms in total.